The molecular formula is C9H12N2O5. The minimum absolute atomic E-state index is 0.107. The van der Waals surface area contributed by atoms with Gasteiger partial charge in [-0.3, -0.25) is 4.79 Å². The Bertz CT molecular complexity index is 412. The third-order valence-corrected chi connectivity index (χ3v) is 2.13. The van der Waals surface area contributed by atoms with Crippen molar-refractivity contribution in [2.45, 2.75) is 25.8 Å². The molecule has 0 spiro atoms. The lowest BCUT2D eigenvalue weighted by Gasteiger charge is -2.05. The third kappa shape index (κ3) is 2.37. The summed E-state index contributed by atoms with van der Waals surface area (Å²) in [5.41, 5.74) is 5.32. The van der Waals surface area contributed by atoms with E-state index in [0.717, 1.165) is 0 Å². The van der Waals surface area contributed by atoms with E-state index >= 15 is 0 Å². The predicted molar refractivity (Wildman–Crippen MR) is 52.2 cm³/mol. The van der Waals surface area contributed by atoms with Gasteiger partial charge >= 0.3 is 11.9 Å². The zero-order valence-corrected chi connectivity index (χ0v) is 8.64. The average Bonchev–Trinajstić information content (AvgIpc) is 2.60. The molecule has 0 radical (unpaired) electrons. The van der Waals surface area contributed by atoms with Crippen molar-refractivity contribution < 1.29 is 24.3 Å². The molecule has 0 unspecified atom stereocenters. The molecule has 0 bridgehead atoms. The van der Waals surface area contributed by atoms with Gasteiger partial charge < -0.3 is 20.5 Å². The van der Waals surface area contributed by atoms with Crippen molar-refractivity contribution in [2.24, 2.45) is 5.73 Å². The fourth-order valence-electron chi connectivity index (χ4n) is 1.31. The summed E-state index contributed by atoms with van der Waals surface area (Å²) in [6, 6.07) is -1.16. The first-order chi connectivity index (χ1) is 7.47. The average molecular weight is 228 g/mol. The van der Waals surface area contributed by atoms with Gasteiger partial charge in [0, 0.05) is 18.4 Å². The van der Waals surface area contributed by atoms with E-state index in [1.54, 1.807) is 6.92 Å². The Morgan fingerprint density at radius 3 is 2.56 bits per heavy atom. The predicted octanol–water partition coefficient (Wildman–Crippen LogP) is -0.110. The maximum absolute atomic E-state index is 10.8. The number of nitrogens with zero attached hydrogens (tertiary/aromatic N) is 1. The number of carboxylic acids is 2. The van der Waals surface area contributed by atoms with Gasteiger partial charge in [0.2, 0.25) is 0 Å². The van der Waals surface area contributed by atoms with Crippen molar-refractivity contribution in [3.05, 3.63) is 17.0 Å². The van der Waals surface area contributed by atoms with E-state index < -0.39 is 18.0 Å². The second-order valence-electron chi connectivity index (χ2n) is 3.24. The van der Waals surface area contributed by atoms with Gasteiger partial charge in [-0.25, -0.2) is 4.79 Å². The lowest BCUT2D eigenvalue weighted by molar-refractivity contribution is -0.138. The van der Waals surface area contributed by atoms with Gasteiger partial charge in [0.05, 0.1) is 0 Å². The second-order valence-corrected chi connectivity index (χ2v) is 3.24. The summed E-state index contributed by atoms with van der Waals surface area (Å²) >= 11 is 0. The molecular weight excluding hydrogens is 216 g/mol. The quantitative estimate of drug-likeness (QED) is 0.641. The molecule has 0 aliphatic heterocycles. The van der Waals surface area contributed by atoms with Crippen LogP contribution in [0, 0.1) is 0 Å². The molecule has 1 aromatic heterocycles. The molecule has 0 saturated heterocycles. The van der Waals surface area contributed by atoms with E-state index in [1.165, 1.54) is 0 Å². The molecule has 0 aliphatic rings. The maximum atomic E-state index is 10.8. The van der Waals surface area contributed by atoms with Crippen LogP contribution in [0.5, 0.6) is 0 Å². The number of nitrogens with two attached hydrogens (primary N) is 1. The molecule has 1 rings (SSSR count). The summed E-state index contributed by atoms with van der Waals surface area (Å²) in [6.07, 6.45) is 0.325. The number of aryl methyl sites for hydroxylation is 1. The summed E-state index contributed by atoms with van der Waals surface area (Å²) in [7, 11) is 0. The molecule has 0 fully saturated rings. The number of rotatable bonds is 5. The SMILES string of the molecule is CCc1onc(C(=O)O)c1C[C@H](N)C(=O)O. The van der Waals surface area contributed by atoms with E-state index in [2.05, 4.69) is 5.16 Å². The normalized spacial score (nSPS) is 12.4. The van der Waals surface area contributed by atoms with Gasteiger partial charge in [0.1, 0.15) is 11.8 Å². The summed E-state index contributed by atoms with van der Waals surface area (Å²) in [6.45, 7) is 1.75. The molecule has 4 N–H and O–H groups in total. The van der Waals surface area contributed by atoms with Crippen molar-refractivity contribution in [1.29, 1.82) is 0 Å². The highest BCUT2D eigenvalue weighted by atomic mass is 16.5. The Morgan fingerprint density at radius 2 is 2.12 bits per heavy atom. The summed E-state index contributed by atoms with van der Waals surface area (Å²) < 4.78 is 4.81. The number of aromatic nitrogens is 1. The first-order valence-electron chi connectivity index (χ1n) is 4.66. The standard InChI is InChI=1S/C9H12N2O5/c1-2-6-4(3-5(10)8(12)13)7(9(14)15)11-16-6/h5H,2-3,10H2,1H3,(H,12,13)(H,14,15)/t5-/m0/s1. The minimum Gasteiger partial charge on any atom is -0.480 e. The van der Waals surface area contributed by atoms with Crippen molar-refractivity contribution >= 4 is 11.9 Å². The van der Waals surface area contributed by atoms with E-state index in [4.69, 9.17) is 20.5 Å². The van der Waals surface area contributed by atoms with E-state index in [9.17, 15) is 9.59 Å². The monoisotopic (exact) mass is 228 g/mol. The number of carboxylic acid groups (broad SMARTS) is 2. The van der Waals surface area contributed by atoms with Crippen LogP contribution in [0.2, 0.25) is 0 Å². The van der Waals surface area contributed by atoms with E-state index in [0.29, 0.717) is 12.2 Å². The highest BCUT2D eigenvalue weighted by Crippen LogP contribution is 2.16. The van der Waals surface area contributed by atoms with Crippen LogP contribution >= 0.6 is 0 Å². The van der Waals surface area contributed by atoms with Crippen LogP contribution in [-0.2, 0) is 17.6 Å². The molecule has 88 valence electrons. The lowest BCUT2D eigenvalue weighted by Crippen LogP contribution is -2.33. The zero-order chi connectivity index (χ0) is 12.3. The summed E-state index contributed by atoms with van der Waals surface area (Å²) in [5, 5.41) is 20.8. The van der Waals surface area contributed by atoms with Crippen LogP contribution in [-0.4, -0.2) is 33.4 Å². The topological polar surface area (TPSA) is 127 Å². The highest BCUT2D eigenvalue weighted by molar-refractivity contribution is 5.87. The molecule has 16 heavy (non-hydrogen) atoms. The Kier molecular flexibility index (Phi) is 3.62. The van der Waals surface area contributed by atoms with Crippen LogP contribution < -0.4 is 5.73 Å². The first-order valence-corrected chi connectivity index (χ1v) is 4.66. The summed E-state index contributed by atoms with van der Waals surface area (Å²) in [5.74, 6) is -2.09. The number of aromatic carboxylic acids is 1. The molecule has 1 heterocycles. The molecule has 0 saturated carbocycles. The minimum atomic E-state index is -1.25. The molecule has 0 aromatic carbocycles. The maximum Gasteiger partial charge on any atom is 0.358 e. The largest absolute Gasteiger partial charge is 0.480 e. The van der Waals surface area contributed by atoms with Gasteiger partial charge in [-0.2, -0.15) is 0 Å². The van der Waals surface area contributed by atoms with Gasteiger partial charge in [-0.05, 0) is 0 Å². The lowest BCUT2D eigenvalue weighted by atomic mass is 10.0. The van der Waals surface area contributed by atoms with Crippen LogP contribution in [0.15, 0.2) is 4.52 Å². The molecule has 1 aromatic rings. The van der Waals surface area contributed by atoms with E-state index in [1.807, 2.05) is 0 Å². The van der Waals surface area contributed by atoms with Crippen molar-refractivity contribution in [2.75, 3.05) is 0 Å². The number of aliphatic carboxylic acids is 1. The fraction of sp³-hybridized carbons (Fsp3) is 0.444. The fourth-order valence-corrected chi connectivity index (χ4v) is 1.31. The number of hydrogen-bond donors (Lipinski definition) is 3. The molecule has 0 aliphatic carbocycles. The molecule has 7 nitrogen and oxygen atoms in total. The Balaban J connectivity index is 3.04. The Hall–Kier alpha value is -1.89. The van der Waals surface area contributed by atoms with E-state index in [-0.39, 0.29) is 17.7 Å². The van der Waals surface area contributed by atoms with Gasteiger partial charge in [0.25, 0.3) is 0 Å². The smallest absolute Gasteiger partial charge is 0.358 e. The van der Waals surface area contributed by atoms with Gasteiger partial charge in [0.15, 0.2) is 5.69 Å². The van der Waals surface area contributed by atoms with Crippen LogP contribution in [0.3, 0.4) is 0 Å². The first kappa shape index (κ1) is 12.2. The van der Waals surface area contributed by atoms with Crippen LogP contribution in [0.4, 0.5) is 0 Å². The molecule has 1 atom stereocenters. The van der Waals surface area contributed by atoms with Gasteiger partial charge in [-0.1, -0.05) is 12.1 Å². The Labute approximate surface area is 90.8 Å². The zero-order valence-electron chi connectivity index (χ0n) is 8.64. The number of carbonyl (C=O) groups is 2. The van der Waals surface area contributed by atoms with Gasteiger partial charge in [-0.15, -0.1) is 0 Å². The van der Waals surface area contributed by atoms with Crippen LogP contribution in [0.25, 0.3) is 0 Å². The van der Waals surface area contributed by atoms with Crippen molar-refractivity contribution in [3.63, 3.8) is 0 Å². The summed E-state index contributed by atoms with van der Waals surface area (Å²) in [4.78, 5) is 21.4. The second kappa shape index (κ2) is 4.75. The van der Waals surface area contributed by atoms with Crippen molar-refractivity contribution in [1.82, 2.24) is 5.16 Å². The number of hydrogen-bond acceptors (Lipinski definition) is 5. The van der Waals surface area contributed by atoms with Crippen molar-refractivity contribution in [3.8, 4) is 0 Å². The Morgan fingerprint density at radius 1 is 1.50 bits per heavy atom. The highest BCUT2D eigenvalue weighted by Gasteiger charge is 2.24. The molecule has 7 heteroatoms. The van der Waals surface area contributed by atoms with Crippen LogP contribution in [0.1, 0.15) is 28.7 Å². The third-order valence-electron chi connectivity index (χ3n) is 2.13. The molecule has 0 amide bonds.